The molecular weight excluding hydrogens is 513 g/mol. The molecule has 0 fully saturated rings. The van der Waals surface area contributed by atoms with Gasteiger partial charge >= 0.3 is 5.97 Å². The van der Waals surface area contributed by atoms with E-state index in [0.717, 1.165) is 61.6 Å². The minimum Gasteiger partial charge on any atom is -0.459 e. The van der Waals surface area contributed by atoms with Gasteiger partial charge in [0.2, 0.25) is 5.91 Å². The number of fused-ring (bicyclic) bond motifs is 2. The second kappa shape index (κ2) is 11.1. The fourth-order valence-electron chi connectivity index (χ4n) is 5.00. The molecule has 1 N–H and O–H groups in total. The minimum absolute atomic E-state index is 0.155. The zero-order valence-corrected chi connectivity index (χ0v) is 23.5. The van der Waals surface area contributed by atoms with Crippen LogP contribution in [0.5, 0.6) is 0 Å². The normalized spacial score (nSPS) is 15.0. The number of esters is 1. The standard InChI is InChI=1S/C26H32N4O3S3/c1-4-30-23(18-13-34-19-11-7-5-9-16(18)19)28-29-26(30)35-14-21(31)27-24-22(25(32)33-15(2)3)17-10-6-8-12-20(17)36-24/h13,15H,4-12,14H2,1-3H3,(H,27,31). The fourth-order valence-corrected chi connectivity index (χ4v) is 8.22. The van der Waals surface area contributed by atoms with Crippen LogP contribution in [0.25, 0.3) is 11.4 Å². The lowest BCUT2D eigenvalue weighted by Crippen LogP contribution is -2.19. The van der Waals surface area contributed by atoms with E-state index >= 15 is 0 Å². The molecule has 0 unspecified atom stereocenters. The first kappa shape index (κ1) is 25.5. The van der Waals surface area contributed by atoms with Crippen molar-refractivity contribution in [3.05, 3.63) is 31.8 Å². The molecule has 0 aromatic carbocycles. The molecule has 0 atom stereocenters. The number of carbonyl (C=O) groups excluding carboxylic acids is 2. The first-order chi connectivity index (χ1) is 17.5. The molecule has 192 valence electrons. The van der Waals surface area contributed by atoms with E-state index in [-0.39, 0.29) is 23.7 Å². The zero-order valence-electron chi connectivity index (χ0n) is 21.0. The van der Waals surface area contributed by atoms with Crippen LogP contribution in [0.1, 0.15) is 77.7 Å². The smallest absolute Gasteiger partial charge is 0.341 e. The topological polar surface area (TPSA) is 86.1 Å². The van der Waals surface area contributed by atoms with Crippen LogP contribution in [-0.4, -0.2) is 38.5 Å². The van der Waals surface area contributed by atoms with Gasteiger partial charge < -0.3 is 14.6 Å². The number of amides is 1. The number of thiophene rings is 2. The molecule has 0 saturated heterocycles. The summed E-state index contributed by atoms with van der Waals surface area (Å²) in [5, 5.41) is 15.5. The predicted octanol–water partition coefficient (Wildman–Crippen LogP) is 6.14. The van der Waals surface area contributed by atoms with E-state index in [1.165, 1.54) is 56.8 Å². The Morgan fingerprint density at radius 3 is 2.56 bits per heavy atom. The van der Waals surface area contributed by atoms with Crippen molar-refractivity contribution >= 4 is 51.3 Å². The summed E-state index contributed by atoms with van der Waals surface area (Å²) in [6.07, 6.45) is 8.48. The predicted molar refractivity (Wildman–Crippen MR) is 147 cm³/mol. The molecule has 2 aliphatic rings. The van der Waals surface area contributed by atoms with Gasteiger partial charge in [-0.1, -0.05) is 11.8 Å². The highest BCUT2D eigenvalue weighted by molar-refractivity contribution is 7.99. The van der Waals surface area contributed by atoms with Gasteiger partial charge in [0.15, 0.2) is 11.0 Å². The van der Waals surface area contributed by atoms with Crippen molar-refractivity contribution in [1.29, 1.82) is 0 Å². The number of hydrogen-bond acceptors (Lipinski definition) is 8. The van der Waals surface area contributed by atoms with Crippen LogP contribution in [0.3, 0.4) is 0 Å². The van der Waals surface area contributed by atoms with E-state index in [0.29, 0.717) is 10.6 Å². The molecule has 36 heavy (non-hydrogen) atoms. The number of aromatic nitrogens is 3. The van der Waals surface area contributed by atoms with Crippen molar-refractivity contribution in [3.63, 3.8) is 0 Å². The molecule has 0 saturated carbocycles. The highest BCUT2D eigenvalue weighted by atomic mass is 32.2. The number of rotatable bonds is 8. The summed E-state index contributed by atoms with van der Waals surface area (Å²) in [7, 11) is 0. The average molecular weight is 545 g/mol. The lowest BCUT2D eigenvalue weighted by atomic mass is 9.95. The van der Waals surface area contributed by atoms with Gasteiger partial charge in [-0.15, -0.1) is 32.9 Å². The van der Waals surface area contributed by atoms with Crippen LogP contribution in [0.2, 0.25) is 0 Å². The molecule has 10 heteroatoms. The highest BCUT2D eigenvalue weighted by Gasteiger charge is 2.28. The van der Waals surface area contributed by atoms with E-state index in [1.807, 2.05) is 25.2 Å². The Hall–Kier alpha value is -2.17. The van der Waals surface area contributed by atoms with Gasteiger partial charge in [0.1, 0.15) is 5.00 Å². The Morgan fingerprint density at radius 2 is 1.81 bits per heavy atom. The quantitative estimate of drug-likeness (QED) is 0.271. The van der Waals surface area contributed by atoms with Gasteiger partial charge in [-0.3, -0.25) is 4.79 Å². The monoisotopic (exact) mass is 544 g/mol. The van der Waals surface area contributed by atoms with Crippen LogP contribution in [0.15, 0.2) is 10.5 Å². The molecule has 5 rings (SSSR count). The lowest BCUT2D eigenvalue weighted by Gasteiger charge is -2.14. The number of carbonyl (C=O) groups is 2. The molecular formula is C26H32N4O3S3. The van der Waals surface area contributed by atoms with E-state index in [2.05, 4.69) is 32.4 Å². The van der Waals surface area contributed by atoms with Crippen molar-refractivity contribution in [2.45, 2.75) is 89.9 Å². The molecule has 0 aliphatic heterocycles. The number of hydrogen-bond donors (Lipinski definition) is 1. The summed E-state index contributed by atoms with van der Waals surface area (Å²) in [4.78, 5) is 28.5. The summed E-state index contributed by atoms with van der Waals surface area (Å²) < 4.78 is 7.61. The van der Waals surface area contributed by atoms with Crippen LogP contribution >= 0.6 is 34.4 Å². The minimum atomic E-state index is -0.346. The Labute approximate surface area is 224 Å². The molecule has 3 aromatic rings. The van der Waals surface area contributed by atoms with Gasteiger partial charge in [0, 0.05) is 27.2 Å². The third kappa shape index (κ3) is 5.13. The Bertz CT molecular complexity index is 1270. The van der Waals surface area contributed by atoms with Crippen molar-refractivity contribution in [2.75, 3.05) is 11.1 Å². The number of ether oxygens (including phenoxy) is 1. The SMILES string of the molecule is CCn1c(SCC(=O)Nc2sc3c(c2C(=O)OC(C)C)CCCC3)nnc1-c1csc2c1CCCC2. The third-order valence-corrected chi connectivity index (χ3v) is 9.90. The third-order valence-electron chi connectivity index (χ3n) is 6.64. The van der Waals surface area contributed by atoms with Gasteiger partial charge in [-0.2, -0.15) is 0 Å². The Morgan fingerprint density at radius 1 is 1.08 bits per heavy atom. The number of thioether (sulfide) groups is 1. The maximum Gasteiger partial charge on any atom is 0.341 e. The number of nitrogens with one attached hydrogen (secondary N) is 1. The van der Waals surface area contributed by atoms with E-state index in [1.54, 1.807) is 0 Å². The van der Waals surface area contributed by atoms with Crippen LogP contribution in [0, 0.1) is 0 Å². The maximum absolute atomic E-state index is 13.0. The summed E-state index contributed by atoms with van der Waals surface area (Å²) in [6.45, 7) is 6.50. The first-order valence-corrected chi connectivity index (χ1v) is 15.4. The second-order valence-corrected chi connectivity index (χ2v) is 12.5. The van der Waals surface area contributed by atoms with Gasteiger partial charge in [-0.25, -0.2) is 4.79 Å². The van der Waals surface area contributed by atoms with Gasteiger partial charge in [0.05, 0.1) is 17.4 Å². The molecule has 3 aromatic heterocycles. The van der Waals surface area contributed by atoms with Crippen molar-refractivity contribution in [3.8, 4) is 11.4 Å². The lowest BCUT2D eigenvalue weighted by molar-refractivity contribution is -0.113. The van der Waals surface area contributed by atoms with Crippen molar-refractivity contribution in [2.24, 2.45) is 0 Å². The average Bonchev–Trinajstić information content (AvgIpc) is 3.56. The number of nitrogens with zero attached hydrogens (tertiary/aromatic N) is 3. The molecule has 0 spiro atoms. The Kier molecular flexibility index (Phi) is 7.83. The highest BCUT2D eigenvalue weighted by Crippen LogP contribution is 2.39. The summed E-state index contributed by atoms with van der Waals surface area (Å²) in [5.41, 5.74) is 4.21. The molecule has 3 heterocycles. The number of anilines is 1. The maximum atomic E-state index is 13.0. The molecule has 2 aliphatic carbocycles. The molecule has 0 bridgehead atoms. The first-order valence-electron chi connectivity index (χ1n) is 12.8. The van der Waals surface area contributed by atoms with Gasteiger partial charge in [-0.05, 0) is 83.3 Å². The molecule has 0 radical (unpaired) electrons. The summed E-state index contributed by atoms with van der Waals surface area (Å²) in [6, 6.07) is 0. The second-order valence-electron chi connectivity index (χ2n) is 9.51. The van der Waals surface area contributed by atoms with Crippen LogP contribution in [-0.2, 0) is 41.8 Å². The molecule has 7 nitrogen and oxygen atoms in total. The largest absolute Gasteiger partial charge is 0.459 e. The summed E-state index contributed by atoms with van der Waals surface area (Å²) in [5.74, 6) is 0.588. The van der Waals surface area contributed by atoms with Gasteiger partial charge in [0.25, 0.3) is 0 Å². The fraction of sp³-hybridized carbons (Fsp3) is 0.538. The van der Waals surface area contributed by atoms with E-state index in [4.69, 9.17) is 4.74 Å². The van der Waals surface area contributed by atoms with E-state index in [9.17, 15) is 9.59 Å². The Balaban J connectivity index is 1.31. The van der Waals surface area contributed by atoms with Crippen molar-refractivity contribution in [1.82, 2.24) is 14.8 Å². The van der Waals surface area contributed by atoms with Crippen LogP contribution in [0.4, 0.5) is 5.00 Å². The molecule has 1 amide bonds. The number of aryl methyl sites for hydroxylation is 2. The summed E-state index contributed by atoms with van der Waals surface area (Å²) >= 11 is 4.72. The van der Waals surface area contributed by atoms with E-state index < -0.39 is 0 Å². The van der Waals surface area contributed by atoms with Crippen LogP contribution < -0.4 is 5.32 Å². The van der Waals surface area contributed by atoms with Crippen molar-refractivity contribution < 1.29 is 14.3 Å². The zero-order chi connectivity index (χ0) is 25.2.